The number of hydrogen-bond acceptors (Lipinski definition) is 6. The Hall–Kier alpha value is -4.62. The lowest BCUT2D eigenvalue weighted by Gasteiger charge is -2.17. The van der Waals surface area contributed by atoms with Gasteiger partial charge in [-0.3, -0.25) is 9.35 Å². The zero-order valence-electron chi connectivity index (χ0n) is 22.5. The number of carboxylic acids is 1. The van der Waals surface area contributed by atoms with Gasteiger partial charge >= 0.3 is 11.9 Å². The molecule has 1 aromatic heterocycles. The third-order valence-corrected chi connectivity index (χ3v) is 7.50. The summed E-state index contributed by atoms with van der Waals surface area (Å²) in [5.41, 5.74) is 2.65. The third kappa shape index (κ3) is 7.24. The van der Waals surface area contributed by atoms with Gasteiger partial charge in [-0.05, 0) is 36.6 Å². The molecule has 2 N–H and O–H groups in total. The van der Waals surface area contributed by atoms with Gasteiger partial charge in [0, 0.05) is 36.4 Å². The number of allylic oxidation sites excluding steroid dienone is 2. The Kier molecular flexibility index (Phi) is 8.55. The predicted octanol–water partition coefficient (Wildman–Crippen LogP) is 5.23. The Bertz CT molecular complexity index is 1850. The molecule has 0 saturated heterocycles. The highest BCUT2D eigenvalue weighted by molar-refractivity contribution is 7.85. The molecule has 0 bridgehead atoms. The molecule has 9 nitrogen and oxygen atoms in total. The number of aromatic nitrogens is 1. The van der Waals surface area contributed by atoms with Crippen molar-refractivity contribution in [2.75, 3.05) is 17.2 Å². The molecule has 1 aliphatic heterocycles. The monoisotopic (exact) mass is 615 g/mol. The molecule has 0 amide bonds. The minimum Gasteiger partial charge on any atom is -0.481 e. The molecular formula is C30H26F3N2O7S+. The molecule has 0 atom stereocenters. The summed E-state index contributed by atoms with van der Waals surface area (Å²) >= 11 is 0. The summed E-state index contributed by atoms with van der Waals surface area (Å²) in [6, 6.07) is 13.1. The van der Waals surface area contributed by atoms with Gasteiger partial charge in [-0.15, -0.1) is 0 Å². The zero-order valence-corrected chi connectivity index (χ0v) is 23.4. The number of fused-ring (bicyclic) bond motifs is 2. The maximum atomic E-state index is 14.1. The van der Waals surface area contributed by atoms with Gasteiger partial charge in [0.2, 0.25) is 11.5 Å². The molecule has 2 heterocycles. The Labute approximate surface area is 244 Å². The first kappa shape index (κ1) is 29.9. The lowest BCUT2D eigenvalue weighted by molar-refractivity contribution is -0.669. The van der Waals surface area contributed by atoms with E-state index in [2.05, 4.69) is 0 Å². The quantitative estimate of drug-likeness (QED) is 0.134. The number of aliphatic carboxylic acids is 1. The van der Waals surface area contributed by atoms with E-state index in [0.717, 1.165) is 17.7 Å². The summed E-state index contributed by atoms with van der Waals surface area (Å²) in [4.78, 5) is 12.6. The highest BCUT2D eigenvalue weighted by atomic mass is 32.2. The van der Waals surface area contributed by atoms with Crippen LogP contribution in [0.1, 0.15) is 29.9 Å². The van der Waals surface area contributed by atoms with E-state index in [1.165, 1.54) is 18.2 Å². The molecule has 0 saturated carbocycles. The number of carbonyl (C=O) groups is 1. The van der Waals surface area contributed by atoms with Crippen molar-refractivity contribution < 1.29 is 49.8 Å². The van der Waals surface area contributed by atoms with Gasteiger partial charge in [0.05, 0.1) is 23.9 Å². The summed E-state index contributed by atoms with van der Waals surface area (Å²) < 4.78 is 86.6. The van der Waals surface area contributed by atoms with Crippen LogP contribution in [0.5, 0.6) is 5.75 Å². The van der Waals surface area contributed by atoms with E-state index >= 15 is 0 Å². The highest BCUT2D eigenvalue weighted by Gasteiger charge is 2.28. The molecule has 0 fully saturated rings. The Morgan fingerprint density at radius 3 is 2.42 bits per heavy atom. The fraction of sp³-hybridized carbons (Fsp3) is 0.200. The fourth-order valence-corrected chi connectivity index (χ4v) is 5.27. The van der Waals surface area contributed by atoms with Crippen molar-refractivity contribution >= 4 is 39.0 Å². The lowest BCUT2D eigenvalue weighted by Crippen LogP contribution is -2.35. The van der Waals surface area contributed by atoms with Crippen LogP contribution in [0.4, 0.5) is 18.9 Å². The number of halogens is 3. The third-order valence-electron chi connectivity index (χ3n) is 6.70. The molecular weight excluding hydrogens is 589 g/mol. The number of carboxylic acid groups (broad SMARTS) is 1. The van der Waals surface area contributed by atoms with Crippen molar-refractivity contribution in [3.8, 4) is 5.75 Å². The van der Waals surface area contributed by atoms with Crippen LogP contribution in [0.3, 0.4) is 0 Å². The van der Waals surface area contributed by atoms with Crippen LogP contribution < -0.4 is 14.2 Å². The fourth-order valence-electron chi connectivity index (χ4n) is 4.70. The Morgan fingerprint density at radius 1 is 0.977 bits per heavy atom. The maximum absolute atomic E-state index is 14.1. The molecule has 1 aliphatic rings. The van der Waals surface area contributed by atoms with Crippen LogP contribution in [0.15, 0.2) is 77.0 Å². The highest BCUT2D eigenvalue weighted by Crippen LogP contribution is 2.40. The van der Waals surface area contributed by atoms with Crippen molar-refractivity contribution in [1.29, 1.82) is 0 Å². The van der Waals surface area contributed by atoms with Crippen LogP contribution >= 0.6 is 0 Å². The van der Waals surface area contributed by atoms with E-state index in [1.54, 1.807) is 52.0 Å². The van der Waals surface area contributed by atoms with Crippen LogP contribution in [0.25, 0.3) is 17.2 Å². The predicted molar refractivity (Wildman–Crippen MR) is 150 cm³/mol. The topological polar surface area (TPSA) is 121 Å². The van der Waals surface area contributed by atoms with Crippen LogP contribution in [-0.4, -0.2) is 36.3 Å². The first-order chi connectivity index (χ1) is 20.5. The molecule has 3 aromatic carbocycles. The minimum absolute atomic E-state index is 0.0777. The SMILES string of the molecule is O=C(O)Cc1ccc(C[n+]2c(/C=C/C=C3\Oc4cc(F)c(F)cc4N3CCCCS(=O)(=O)O)oc3cc(F)ccc32)cc1. The van der Waals surface area contributed by atoms with E-state index in [1.807, 2.05) is 0 Å². The molecule has 5 rings (SSSR count). The lowest BCUT2D eigenvalue weighted by atomic mass is 10.1. The number of benzene rings is 3. The molecule has 0 radical (unpaired) electrons. The van der Waals surface area contributed by atoms with Gasteiger partial charge in [-0.1, -0.05) is 24.3 Å². The van der Waals surface area contributed by atoms with Gasteiger partial charge in [0.25, 0.3) is 15.6 Å². The second kappa shape index (κ2) is 12.3. The average molecular weight is 616 g/mol. The first-order valence-corrected chi connectivity index (χ1v) is 14.8. The number of nitrogens with zero attached hydrogens (tertiary/aromatic N) is 2. The molecule has 224 valence electrons. The number of unbranched alkanes of at least 4 members (excludes halogenated alkanes) is 1. The number of hydrogen-bond donors (Lipinski definition) is 2. The van der Waals surface area contributed by atoms with E-state index in [0.29, 0.717) is 35.5 Å². The van der Waals surface area contributed by atoms with Gasteiger partial charge < -0.3 is 19.2 Å². The number of rotatable bonds is 11. The van der Waals surface area contributed by atoms with Crippen molar-refractivity contribution in [2.24, 2.45) is 0 Å². The minimum atomic E-state index is -4.14. The summed E-state index contributed by atoms with van der Waals surface area (Å²) in [5.74, 6) is -3.39. The van der Waals surface area contributed by atoms with Crippen LogP contribution in [0.2, 0.25) is 0 Å². The Balaban J connectivity index is 1.43. The number of ether oxygens (including phenoxy) is 1. The van der Waals surface area contributed by atoms with Gasteiger partial charge in [0.1, 0.15) is 5.82 Å². The van der Waals surface area contributed by atoms with E-state index in [9.17, 15) is 26.4 Å². The van der Waals surface area contributed by atoms with Crippen molar-refractivity contribution in [2.45, 2.75) is 25.8 Å². The normalized spacial score (nSPS) is 14.1. The summed E-state index contributed by atoms with van der Waals surface area (Å²) in [5, 5.41) is 9.02. The van der Waals surface area contributed by atoms with Crippen molar-refractivity contribution in [3.63, 3.8) is 0 Å². The summed E-state index contributed by atoms with van der Waals surface area (Å²) in [6.45, 7) is 0.512. The smallest absolute Gasteiger partial charge is 0.374 e. The summed E-state index contributed by atoms with van der Waals surface area (Å²) in [6.07, 6.45) is 5.05. The van der Waals surface area contributed by atoms with Crippen LogP contribution in [-0.2, 0) is 27.9 Å². The van der Waals surface area contributed by atoms with E-state index in [-0.39, 0.29) is 36.7 Å². The second-order valence-electron chi connectivity index (χ2n) is 9.87. The molecule has 13 heteroatoms. The number of anilines is 1. The van der Waals surface area contributed by atoms with E-state index in [4.69, 9.17) is 18.8 Å². The molecule has 0 spiro atoms. The second-order valence-corrected chi connectivity index (χ2v) is 11.4. The molecule has 4 aromatic rings. The number of oxazole rings is 1. The summed E-state index contributed by atoms with van der Waals surface area (Å²) in [7, 11) is -4.14. The standard InChI is InChI=1S/C30H25F3N2O7S/c31-21-10-11-24-26(15-21)41-29(35(24)18-20-8-6-19(7-9-20)14-30(36)37)5-3-4-28-34(12-1-2-13-43(38,39)40)25-16-22(32)23(33)17-27(25)42-28/h3-11,15-17H,1-2,12-14,18H2,(H-,36,37,38,39,40)/p+1. The van der Waals surface area contributed by atoms with Crippen molar-refractivity contribution in [3.05, 3.63) is 107 Å². The molecule has 0 unspecified atom stereocenters. The maximum Gasteiger partial charge on any atom is 0.374 e. The van der Waals surface area contributed by atoms with E-state index < -0.39 is 39.3 Å². The van der Waals surface area contributed by atoms with Crippen molar-refractivity contribution in [1.82, 2.24) is 0 Å². The van der Waals surface area contributed by atoms with Crippen LogP contribution in [0, 0.1) is 17.5 Å². The average Bonchev–Trinajstić information content (AvgIpc) is 3.43. The largest absolute Gasteiger partial charge is 0.481 e. The molecule has 0 aliphatic carbocycles. The first-order valence-electron chi connectivity index (χ1n) is 13.2. The van der Waals surface area contributed by atoms with Gasteiger partial charge in [0.15, 0.2) is 23.9 Å². The van der Waals surface area contributed by atoms with Gasteiger partial charge in [-0.25, -0.2) is 13.2 Å². The van der Waals surface area contributed by atoms with Gasteiger partial charge in [-0.2, -0.15) is 13.0 Å². The molecule has 43 heavy (non-hydrogen) atoms. The zero-order chi connectivity index (χ0) is 30.7. The Morgan fingerprint density at radius 2 is 1.70 bits per heavy atom.